The van der Waals surface area contributed by atoms with E-state index in [1.807, 2.05) is 59.5 Å². The van der Waals surface area contributed by atoms with Crippen LogP contribution >= 0.6 is 0 Å². The molecule has 1 aliphatic carbocycles. The Balaban J connectivity index is 1.16. The second kappa shape index (κ2) is 9.64. The van der Waals surface area contributed by atoms with Crippen molar-refractivity contribution in [3.8, 4) is 0 Å². The van der Waals surface area contributed by atoms with Gasteiger partial charge in [0, 0.05) is 60.9 Å². The molecule has 3 aromatic carbocycles. The van der Waals surface area contributed by atoms with E-state index in [9.17, 15) is 14.4 Å². The highest BCUT2D eigenvalue weighted by molar-refractivity contribution is 6.09. The molecule has 0 radical (unpaired) electrons. The third kappa shape index (κ3) is 4.93. The number of nitrogens with zero attached hydrogens (tertiary/aromatic N) is 2. The van der Waals surface area contributed by atoms with Gasteiger partial charge in [0.2, 0.25) is 5.91 Å². The summed E-state index contributed by atoms with van der Waals surface area (Å²) in [6, 6.07) is 24.2. The van der Waals surface area contributed by atoms with E-state index < -0.39 is 0 Å². The monoisotopic (exact) mass is 452 g/mol. The Morgan fingerprint density at radius 3 is 1.88 bits per heavy atom. The van der Waals surface area contributed by atoms with Crippen LogP contribution < -0.4 is 4.90 Å². The van der Waals surface area contributed by atoms with Gasteiger partial charge in [0.25, 0.3) is 0 Å². The minimum absolute atomic E-state index is 0.0215. The molecule has 0 N–H and O–H groups in total. The summed E-state index contributed by atoms with van der Waals surface area (Å²) < 4.78 is 0. The van der Waals surface area contributed by atoms with E-state index in [0.29, 0.717) is 29.0 Å². The summed E-state index contributed by atoms with van der Waals surface area (Å²) in [5, 5.41) is 0. The molecule has 5 heteroatoms. The molecule has 0 spiro atoms. The Morgan fingerprint density at radius 2 is 1.26 bits per heavy atom. The first-order valence-corrected chi connectivity index (χ1v) is 11.9. The minimum Gasteiger partial charge on any atom is -0.368 e. The smallest absolute Gasteiger partial charge is 0.225 e. The van der Waals surface area contributed by atoms with Crippen LogP contribution in [0.4, 0.5) is 5.69 Å². The molecule has 0 aromatic heterocycles. The summed E-state index contributed by atoms with van der Waals surface area (Å²) >= 11 is 0. The molecule has 1 heterocycles. The largest absolute Gasteiger partial charge is 0.368 e. The molecule has 0 atom stereocenters. The number of carbonyl (C=O) groups excluding carboxylic acids is 3. The fraction of sp³-hybridized carbons (Fsp3) is 0.276. The summed E-state index contributed by atoms with van der Waals surface area (Å²) in [4.78, 5) is 41.9. The highest BCUT2D eigenvalue weighted by Gasteiger charge is 2.34. The lowest BCUT2D eigenvalue weighted by Crippen LogP contribution is -2.49. The number of benzene rings is 3. The number of rotatable bonds is 7. The Morgan fingerprint density at radius 1 is 0.676 bits per heavy atom. The molecule has 5 nitrogen and oxygen atoms in total. The molecule has 5 rings (SSSR count). The summed E-state index contributed by atoms with van der Waals surface area (Å²) in [6.07, 6.45) is 2.39. The zero-order chi connectivity index (χ0) is 23.5. The van der Waals surface area contributed by atoms with Gasteiger partial charge in [0.05, 0.1) is 0 Å². The molecule has 1 saturated carbocycles. The number of Topliss-reactive ketones (excluding diaryl/α,β-unsaturated/α-hetero) is 1. The Hall–Kier alpha value is -3.73. The molecular formula is C29H28N2O3. The van der Waals surface area contributed by atoms with Crippen molar-refractivity contribution in [1.29, 1.82) is 0 Å². The van der Waals surface area contributed by atoms with Gasteiger partial charge in [-0.05, 0) is 42.7 Å². The number of amides is 1. The first kappa shape index (κ1) is 22.1. The molecule has 34 heavy (non-hydrogen) atoms. The fourth-order valence-corrected chi connectivity index (χ4v) is 4.45. The van der Waals surface area contributed by atoms with Crippen LogP contribution in [-0.2, 0) is 11.2 Å². The van der Waals surface area contributed by atoms with Crippen molar-refractivity contribution in [3.63, 3.8) is 0 Å². The lowest BCUT2D eigenvalue weighted by molar-refractivity contribution is -0.132. The van der Waals surface area contributed by atoms with Crippen molar-refractivity contribution in [2.45, 2.75) is 19.3 Å². The maximum absolute atomic E-state index is 12.8. The topological polar surface area (TPSA) is 57.7 Å². The highest BCUT2D eigenvalue weighted by atomic mass is 16.2. The van der Waals surface area contributed by atoms with Crippen molar-refractivity contribution >= 4 is 23.2 Å². The van der Waals surface area contributed by atoms with Gasteiger partial charge in [-0.25, -0.2) is 0 Å². The summed E-state index contributed by atoms with van der Waals surface area (Å²) in [7, 11) is 0. The normalized spacial score (nSPS) is 15.8. The van der Waals surface area contributed by atoms with Crippen molar-refractivity contribution in [2.75, 3.05) is 31.1 Å². The van der Waals surface area contributed by atoms with Crippen molar-refractivity contribution < 1.29 is 14.4 Å². The second-order valence-electron chi connectivity index (χ2n) is 9.13. The van der Waals surface area contributed by atoms with E-state index in [-0.39, 0.29) is 17.5 Å². The first-order valence-electron chi connectivity index (χ1n) is 11.9. The van der Waals surface area contributed by atoms with Crippen LogP contribution in [-0.4, -0.2) is 48.6 Å². The maximum Gasteiger partial charge on any atom is 0.225 e. The van der Waals surface area contributed by atoms with E-state index in [1.165, 1.54) is 0 Å². The highest BCUT2D eigenvalue weighted by Crippen LogP contribution is 2.31. The molecule has 2 aliphatic rings. The van der Waals surface area contributed by atoms with Gasteiger partial charge in [-0.2, -0.15) is 0 Å². The fourth-order valence-electron chi connectivity index (χ4n) is 4.45. The summed E-state index contributed by atoms with van der Waals surface area (Å²) in [5.74, 6) is 0.621. The number of anilines is 1. The lowest BCUT2D eigenvalue weighted by Gasteiger charge is -2.36. The number of piperazine rings is 1. The Kier molecular flexibility index (Phi) is 6.26. The van der Waals surface area contributed by atoms with E-state index in [2.05, 4.69) is 4.90 Å². The number of ketones is 2. The van der Waals surface area contributed by atoms with Crippen LogP contribution in [0.3, 0.4) is 0 Å². The quantitative estimate of drug-likeness (QED) is 0.499. The molecule has 172 valence electrons. The zero-order valence-electron chi connectivity index (χ0n) is 19.2. The minimum atomic E-state index is -0.0215. The average Bonchev–Trinajstić information content (AvgIpc) is 3.75. The van der Waals surface area contributed by atoms with E-state index >= 15 is 0 Å². The maximum atomic E-state index is 12.8. The molecule has 0 unspecified atom stereocenters. The average molecular weight is 453 g/mol. The van der Waals surface area contributed by atoms with Crippen LogP contribution in [0, 0.1) is 5.92 Å². The molecule has 2 fully saturated rings. The second-order valence-corrected chi connectivity index (χ2v) is 9.13. The number of hydrogen-bond donors (Lipinski definition) is 0. The third-order valence-electron chi connectivity index (χ3n) is 6.69. The zero-order valence-corrected chi connectivity index (χ0v) is 19.2. The van der Waals surface area contributed by atoms with Gasteiger partial charge < -0.3 is 9.80 Å². The molecule has 1 saturated heterocycles. The lowest BCUT2D eigenvalue weighted by atomic mass is 9.99. The SMILES string of the molecule is O=C(Cc1ccc(C(=O)c2ccccc2)cc1)c1ccc(N2CCN(C(=O)C3CC3)CC2)cc1. The predicted molar refractivity (Wildman–Crippen MR) is 132 cm³/mol. The number of carbonyl (C=O) groups is 3. The van der Waals surface area contributed by atoms with Gasteiger partial charge >= 0.3 is 0 Å². The van der Waals surface area contributed by atoms with Gasteiger partial charge in [-0.3, -0.25) is 14.4 Å². The van der Waals surface area contributed by atoms with Gasteiger partial charge in [-0.15, -0.1) is 0 Å². The first-order chi connectivity index (χ1) is 16.6. The molecular weight excluding hydrogens is 424 g/mol. The van der Waals surface area contributed by atoms with Gasteiger partial charge in [0.1, 0.15) is 0 Å². The van der Waals surface area contributed by atoms with Crippen molar-refractivity contribution in [1.82, 2.24) is 4.90 Å². The Labute approximate surface area is 200 Å². The molecule has 1 aliphatic heterocycles. The van der Waals surface area contributed by atoms with E-state index in [4.69, 9.17) is 0 Å². The molecule has 3 aromatic rings. The van der Waals surface area contributed by atoms with Gasteiger partial charge in [-0.1, -0.05) is 54.6 Å². The van der Waals surface area contributed by atoms with Crippen LogP contribution in [0.15, 0.2) is 78.9 Å². The van der Waals surface area contributed by atoms with Gasteiger partial charge in [0.15, 0.2) is 11.6 Å². The molecule has 0 bridgehead atoms. The Bertz CT molecular complexity index is 1170. The predicted octanol–water partition coefficient (Wildman–Crippen LogP) is 4.40. The van der Waals surface area contributed by atoms with Crippen LogP contribution in [0.25, 0.3) is 0 Å². The van der Waals surface area contributed by atoms with Crippen molar-refractivity contribution in [3.05, 3.63) is 101 Å². The van der Waals surface area contributed by atoms with E-state index in [0.717, 1.165) is 50.3 Å². The molecule has 1 amide bonds. The number of hydrogen-bond acceptors (Lipinski definition) is 4. The third-order valence-corrected chi connectivity index (χ3v) is 6.69. The van der Waals surface area contributed by atoms with Crippen LogP contribution in [0.2, 0.25) is 0 Å². The van der Waals surface area contributed by atoms with E-state index in [1.54, 1.807) is 24.3 Å². The van der Waals surface area contributed by atoms with Crippen LogP contribution in [0.1, 0.15) is 44.7 Å². The standard InChI is InChI=1S/C29H28N2O3/c32-27(20-21-6-8-24(9-7-21)28(33)23-4-2-1-3-5-23)22-12-14-26(15-13-22)30-16-18-31(19-17-30)29(34)25-10-11-25/h1-9,12-15,25H,10-11,16-20H2. The summed E-state index contributed by atoms with van der Waals surface area (Å²) in [6.45, 7) is 3.16. The van der Waals surface area contributed by atoms with Crippen molar-refractivity contribution in [2.24, 2.45) is 5.92 Å². The summed E-state index contributed by atoms with van der Waals surface area (Å²) in [5.41, 5.74) is 3.91. The van der Waals surface area contributed by atoms with Crippen LogP contribution in [0.5, 0.6) is 0 Å².